The minimum atomic E-state index is -3.29. The number of carboxylic acid groups (broad SMARTS) is 1. The van der Waals surface area contributed by atoms with Crippen LogP contribution < -0.4 is 5.32 Å². The first-order chi connectivity index (χ1) is 14.8. The fraction of sp³-hybridized carbons (Fsp3) is 0.500. The van der Waals surface area contributed by atoms with Crippen LogP contribution in [0.2, 0.25) is 0 Å². The Morgan fingerprint density at radius 2 is 1.94 bits per heavy atom. The van der Waals surface area contributed by atoms with Gasteiger partial charge in [-0.25, -0.2) is 23.2 Å². The predicted molar refractivity (Wildman–Crippen MR) is 122 cm³/mol. The number of nitrogens with one attached hydrogen (secondary N) is 1. The number of rotatable bonds is 6. The first-order valence-electron chi connectivity index (χ1n) is 10.5. The molecule has 2 heterocycles. The lowest BCUT2D eigenvalue weighted by Gasteiger charge is -2.32. The third-order valence-corrected chi connectivity index (χ3v) is 8.96. The second-order valence-corrected chi connectivity index (χ2v) is 11.9. The number of nitrogens with zero attached hydrogens (tertiary/aromatic N) is 2. The van der Waals surface area contributed by atoms with E-state index in [0.717, 1.165) is 12.7 Å². The SMILES string of the molecule is CS(=O)(=O)c1ccc(-c2cnc(C(=O)O)c(NCC3CC4(CCCCC4)CS3)n2)cc1. The largest absolute Gasteiger partial charge is 0.476 e. The van der Waals surface area contributed by atoms with Crippen molar-refractivity contribution in [3.8, 4) is 11.3 Å². The van der Waals surface area contributed by atoms with Crippen molar-refractivity contribution in [2.75, 3.05) is 23.9 Å². The predicted octanol–water partition coefficient (Wildman–Crippen LogP) is 4.11. The number of sulfone groups is 1. The standard InChI is InChI=1S/C22H27N3O4S2/c1-31(28,29)17-7-5-15(6-8-17)18-13-23-19(21(26)27)20(25-18)24-12-16-11-22(14-30-16)9-3-2-4-10-22/h5-8,13,16H,2-4,9-12,14H2,1H3,(H,24,25)(H,26,27). The summed E-state index contributed by atoms with van der Waals surface area (Å²) in [5.74, 6) is 0.308. The summed E-state index contributed by atoms with van der Waals surface area (Å²) in [5, 5.41) is 13.2. The molecule has 166 valence electrons. The first kappa shape index (κ1) is 22.1. The van der Waals surface area contributed by atoms with E-state index in [0.29, 0.717) is 28.5 Å². The van der Waals surface area contributed by atoms with Gasteiger partial charge in [-0.1, -0.05) is 31.4 Å². The van der Waals surface area contributed by atoms with E-state index in [1.165, 1.54) is 56.2 Å². The highest BCUT2D eigenvalue weighted by Gasteiger charge is 2.40. The Bertz CT molecular complexity index is 1060. The topological polar surface area (TPSA) is 109 Å². The quantitative estimate of drug-likeness (QED) is 0.661. The third kappa shape index (κ3) is 5.03. The Hall–Kier alpha value is -2.13. The number of anilines is 1. The summed E-state index contributed by atoms with van der Waals surface area (Å²) in [6.07, 6.45) is 10.3. The van der Waals surface area contributed by atoms with Crippen LogP contribution in [-0.2, 0) is 9.84 Å². The Kier molecular flexibility index (Phi) is 6.25. The van der Waals surface area contributed by atoms with Crippen LogP contribution in [0.1, 0.15) is 49.0 Å². The zero-order valence-electron chi connectivity index (χ0n) is 17.5. The zero-order chi connectivity index (χ0) is 22.1. The number of carboxylic acids is 1. The molecule has 1 unspecified atom stereocenters. The summed E-state index contributed by atoms with van der Waals surface area (Å²) >= 11 is 1.97. The zero-order valence-corrected chi connectivity index (χ0v) is 19.1. The van der Waals surface area contributed by atoms with Gasteiger partial charge < -0.3 is 10.4 Å². The van der Waals surface area contributed by atoms with Crippen molar-refractivity contribution in [1.82, 2.24) is 9.97 Å². The molecule has 1 saturated heterocycles. The van der Waals surface area contributed by atoms with Crippen molar-refractivity contribution < 1.29 is 18.3 Å². The smallest absolute Gasteiger partial charge is 0.358 e. The Labute approximate surface area is 187 Å². The normalized spacial score (nSPS) is 20.6. The van der Waals surface area contributed by atoms with E-state index in [9.17, 15) is 18.3 Å². The lowest BCUT2D eigenvalue weighted by atomic mass is 9.73. The maximum Gasteiger partial charge on any atom is 0.358 e. The van der Waals surface area contributed by atoms with Crippen LogP contribution in [0.4, 0.5) is 5.82 Å². The molecule has 0 amide bonds. The van der Waals surface area contributed by atoms with Crippen LogP contribution in [-0.4, -0.2) is 53.3 Å². The molecular formula is C22H27N3O4S2. The van der Waals surface area contributed by atoms with Gasteiger partial charge in [0.2, 0.25) is 0 Å². The minimum Gasteiger partial charge on any atom is -0.476 e. The van der Waals surface area contributed by atoms with Gasteiger partial charge in [-0.15, -0.1) is 0 Å². The number of aromatic carboxylic acids is 1. The molecule has 1 spiro atoms. The molecule has 1 aromatic carbocycles. The van der Waals surface area contributed by atoms with Crippen molar-refractivity contribution >= 4 is 33.4 Å². The fourth-order valence-electron chi connectivity index (χ4n) is 4.57. The Balaban J connectivity index is 1.51. The molecule has 2 aromatic rings. The third-order valence-electron chi connectivity index (χ3n) is 6.25. The second kappa shape index (κ2) is 8.78. The molecule has 1 atom stereocenters. The molecule has 2 aliphatic rings. The summed E-state index contributed by atoms with van der Waals surface area (Å²) in [6, 6.07) is 6.35. The molecule has 4 rings (SSSR count). The van der Waals surface area contributed by atoms with Crippen LogP contribution in [0.3, 0.4) is 0 Å². The molecule has 1 saturated carbocycles. The van der Waals surface area contributed by atoms with E-state index in [4.69, 9.17) is 0 Å². The molecular weight excluding hydrogens is 434 g/mol. The summed E-state index contributed by atoms with van der Waals surface area (Å²) in [7, 11) is -3.29. The van der Waals surface area contributed by atoms with E-state index >= 15 is 0 Å². The molecule has 1 aliphatic carbocycles. The number of thioether (sulfide) groups is 1. The fourth-order valence-corrected chi connectivity index (χ4v) is 6.87. The molecule has 2 fully saturated rings. The van der Waals surface area contributed by atoms with Gasteiger partial charge >= 0.3 is 5.97 Å². The summed E-state index contributed by atoms with van der Waals surface area (Å²) < 4.78 is 23.3. The van der Waals surface area contributed by atoms with Crippen molar-refractivity contribution in [3.63, 3.8) is 0 Å². The van der Waals surface area contributed by atoms with Gasteiger partial charge in [-0.3, -0.25) is 0 Å². The average molecular weight is 462 g/mol. The summed E-state index contributed by atoms with van der Waals surface area (Å²) in [6.45, 7) is 0.651. The molecule has 7 nitrogen and oxygen atoms in total. The molecule has 0 radical (unpaired) electrons. The summed E-state index contributed by atoms with van der Waals surface area (Å²) in [5.41, 5.74) is 1.53. The maximum absolute atomic E-state index is 11.7. The average Bonchev–Trinajstić information content (AvgIpc) is 3.14. The lowest BCUT2D eigenvalue weighted by Crippen LogP contribution is -2.26. The second-order valence-electron chi connectivity index (χ2n) is 8.63. The monoisotopic (exact) mass is 461 g/mol. The summed E-state index contributed by atoms with van der Waals surface area (Å²) in [4.78, 5) is 20.5. The van der Waals surface area contributed by atoms with Gasteiger partial charge in [0.25, 0.3) is 0 Å². The van der Waals surface area contributed by atoms with E-state index in [1.807, 2.05) is 11.8 Å². The minimum absolute atomic E-state index is 0.105. The number of benzene rings is 1. The van der Waals surface area contributed by atoms with Crippen molar-refractivity contribution in [2.24, 2.45) is 5.41 Å². The number of hydrogen-bond donors (Lipinski definition) is 2. The van der Waals surface area contributed by atoms with Crippen molar-refractivity contribution in [1.29, 1.82) is 0 Å². The maximum atomic E-state index is 11.7. The van der Waals surface area contributed by atoms with Gasteiger partial charge in [-0.05, 0) is 42.6 Å². The van der Waals surface area contributed by atoms with E-state index < -0.39 is 15.8 Å². The van der Waals surface area contributed by atoms with Crippen LogP contribution in [0, 0.1) is 5.41 Å². The molecule has 0 bridgehead atoms. The molecule has 2 N–H and O–H groups in total. The Morgan fingerprint density at radius 3 is 2.58 bits per heavy atom. The van der Waals surface area contributed by atoms with E-state index in [2.05, 4.69) is 15.3 Å². The van der Waals surface area contributed by atoms with E-state index in [1.54, 1.807) is 12.1 Å². The van der Waals surface area contributed by atoms with Crippen LogP contribution >= 0.6 is 11.8 Å². The molecule has 1 aromatic heterocycles. The molecule has 31 heavy (non-hydrogen) atoms. The van der Waals surface area contributed by atoms with Crippen LogP contribution in [0.15, 0.2) is 35.4 Å². The van der Waals surface area contributed by atoms with Gasteiger partial charge in [0.15, 0.2) is 21.3 Å². The van der Waals surface area contributed by atoms with Crippen molar-refractivity contribution in [3.05, 3.63) is 36.2 Å². The van der Waals surface area contributed by atoms with Gasteiger partial charge in [0.1, 0.15) is 0 Å². The van der Waals surface area contributed by atoms with Crippen LogP contribution in [0.25, 0.3) is 11.3 Å². The number of carbonyl (C=O) groups is 1. The lowest BCUT2D eigenvalue weighted by molar-refractivity contribution is 0.0691. The number of aromatic nitrogens is 2. The Morgan fingerprint density at radius 1 is 1.23 bits per heavy atom. The van der Waals surface area contributed by atoms with Gasteiger partial charge in [-0.2, -0.15) is 11.8 Å². The molecule has 1 aliphatic heterocycles. The highest BCUT2D eigenvalue weighted by molar-refractivity contribution is 8.00. The van der Waals surface area contributed by atoms with Crippen LogP contribution in [0.5, 0.6) is 0 Å². The van der Waals surface area contributed by atoms with E-state index in [-0.39, 0.29) is 16.4 Å². The van der Waals surface area contributed by atoms with Crippen molar-refractivity contribution in [2.45, 2.75) is 48.7 Å². The highest BCUT2D eigenvalue weighted by Crippen LogP contribution is 2.50. The first-order valence-corrected chi connectivity index (χ1v) is 13.5. The molecule has 9 heteroatoms. The highest BCUT2D eigenvalue weighted by atomic mass is 32.2. The van der Waals surface area contributed by atoms with Gasteiger partial charge in [0, 0.05) is 23.6 Å². The number of hydrogen-bond acceptors (Lipinski definition) is 7. The van der Waals surface area contributed by atoms with Gasteiger partial charge in [0.05, 0.1) is 16.8 Å².